The minimum absolute atomic E-state index is 0.970. The van der Waals surface area contributed by atoms with E-state index in [0.29, 0.717) is 0 Å². The van der Waals surface area contributed by atoms with Crippen molar-refractivity contribution in [2.45, 2.75) is 52.4 Å². The maximum absolute atomic E-state index is 8.88. The molecule has 0 spiro atoms. The normalized spacial score (nSPS) is 11.0. The fourth-order valence-corrected chi connectivity index (χ4v) is 1.01. The first-order chi connectivity index (χ1) is 9.41. The summed E-state index contributed by atoms with van der Waals surface area (Å²) in [4.78, 5) is 43.1. The predicted molar refractivity (Wildman–Crippen MR) is 78.4 cm³/mol. The average Bonchev–Trinajstić information content (AvgIpc) is 2.23. The lowest BCUT2D eigenvalue weighted by Gasteiger charge is -2.01. The Morgan fingerprint density at radius 1 is 0.667 bits per heavy atom. The van der Waals surface area contributed by atoms with Gasteiger partial charge in [-0.3, -0.25) is 0 Å². The lowest BCUT2D eigenvalue weighted by Crippen LogP contribution is -1.96. The van der Waals surface area contributed by atoms with Gasteiger partial charge in [-0.25, -0.2) is 9.13 Å². The first-order valence-corrected chi connectivity index (χ1v) is 9.69. The Morgan fingerprint density at radius 3 is 1.10 bits per heavy atom. The number of phosphoric acid groups is 2. The third-order valence-electron chi connectivity index (χ3n) is 1.78. The van der Waals surface area contributed by atoms with E-state index in [-0.39, 0.29) is 0 Å². The van der Waals surface area contributed by atoms with E-state index in [1.54, 1.807) is 0 Å². The van der Waals surface area contributed by atoms with Gasteiger partial charge in [0.1, 0.15) is 0 Å². The standard InChI is InChI=1S/C10H22O.2H3O4P/c1-3-5-7-9-11-10-8-6-4-2;2*1-5(2,3)4/h3-10H2,1-2H3;2*(H3,1,2,3,4). The summed E-state index contributed by atoms with van der Waals surface area (Å²) in [6.45, 7) is 6.38. The Labute approximate surface area is 125 Å². The Balaban J connectivity index is -0.000000270. The summed E-state index contributed by atoms with van der Waals surface area (Å²) in [5.74, 6) is 0. The van der Waals surface area contributed by atoms with E-state index < -0.39 is 15.6 Å². The Bertz CT molecular complexity index is 242. The molecule has 0 unspecified atom stereocenters. The van der Waals surface area contributed by atoms with Crippen LogP contribution in [0.15, 0.2) is 0 Å². The number of rotatable bonds is 8. The van der Waals surface area contributed by atoms with Crippen LogP contribution in [-0.4, -0.2) is 42.6 Å². The molecule has 0 aromatic heterocycles. The monoisotopic (exact) mass is 354 g/mol. The number of hydrogen-bond acceptors (Lipinski definition) is 3. The fraction of sp³-hybridized carbons (Fsp3) is 1.00. The molecule has 0 rings (SSSR count). The highest BCUT2D eigenvalue weighted by Crippen LogP contribution is 2.26. The second-order valence-electron chi connectivity index (χ2n) is 4.05. The zero-order valence-corrected chi connectivity index (χ0v) is 14.2. The van der Waals surface area contributed by atoms with Gasteiger partial charge < -0.3 is 34.1 Å². The summed E-state index contributed by atoms with van der Waals surface area (Å²) < 4.78 is 23.2. The maximum atomic E-state index is 8.88. The molecular formula is C10H28O9P2. The van der Waals surface area contributed by atoms with Gasteiger partial charge in [-0.05, 0) is 12.8 Å². The highest BCUT2D eigenvalue weighted by Gasteiger charge is 2.00. The van der Waals surface area contributed by atoms with Gasteiger partial charge >= 0.3 is 15.6 Å². The highest BCUT2D eigenvalue weighted by molar-refractivity contribution is 7.45. The van der Waals surface area contributed by atoms with Crippen LogP contribution in [0.3, 0.4) is 0 Å². The summed E-state index contributed by atoms with van der Waals surface area (Å²) in [5, 5.41) is 0. The lowest BCUT2D eigenvalue weighted by atomic mass is 10.2. The Morgan fingerprint density at radius 2 is 0.905 bits per heavy atom. The van der Waals surface area contributed by atoms with E-state index in [0.717, 1.165) is 13.2 Å². The topological polar surface area (TPSA) is 165 Å². The molecule has 0 bridgehead atoms. The van der Waals surface area contributed by atoms with E-state index in [4.69, 9.17) is 43.2 Å². The molecule has 0 heterocycles. The van der Waals surface area contributed by atoms with Crippen molar-refractivity contribution in [1.82, 2.24) is 0 Å². The van der Waals surface area contributed by atoms with Crippen LogP contribution in [-0.2, 0) is 13.9 Å². The quantitative estimate of drug-likeness (QED) is 0.280. The lowest BCUT2D eigenvalue weighted by molar-refractivity contribution is 0.126. The van der Waals surface area contributed by atoms with Crippen molar-refractivity contribution < 1.29 is 43.2 Å². The van der Waals surface area contributed by atoms with E-state index in [1.807, 2.05) is 0 Å². The van der Waals surface area contributed by atoms with Crippen molar-refractivity contribution in [3.63, 3.8) is 0 Å². The van der Waals surface area contributed by atoms with Crippen molar-refractivity contribution in [3.8, 4) is 0 Å². The van der Waals surface area contributed by atoms with Crippen molar-refractivity contribution >= 4 is 15.6 Å². The van der Waals surface area contributed by atoms with Gasteiger partial charge in [0.2, 0.25) is 0 Å². The molecule has 0 amide bonds. The molecule has 0 saturated heterocycles. The maximum Gasteiger partial charge on any atom is 0.466 e. The first-order valence-electron chi connectivity index (χ1n) is 6.56. The second-order valence-corrected chi connectivity index (χ2v) is 6.11. The van der Waals surface area contributed by atoms with E-state index >= 15 is 0 Å². The molecule has 0 aliphatic carbocycles. The van der Waals surface area contributed by atoms with Crippen LogP contribution in [0.1, 0.15) is 52.4 Å². The summed E-state index contributed by atoms with van der Waals surface area (Å²) in [5.41, 5.74) is 0. The minimum Gasteiger partial charge on any atom is -0.381 e. The van der Waals surface area contributed by atoms with Gasteiger partial charge in [0.25, 0.3) is 0 Å². The molecule has 0 aliphatic rings. The van der Waals surface area contributed by atoms with Crippen LogP contribution in [0.2, 0.25) is 0 Å². The predicted octanol–water partition coefficient (Wildman–Crippen LogP) is 1.53. The number of unbranched alkanes of at least 4 members (excludes halogenated alkanes) is 4. The fourth-order valence-electron chi connectivity index (χ4n) is 1.01. The zero-order valence-electron chi connectivity index (χ0n) is 12.5. The van der Waals surface area contributed by atoms with Crippen LogP contribution in [0, 0.1) is 0 Å². The van der Waals surface area contributed by atoms with Gasteiger partial charge in [0, 0.05) is 13.2 Å². The zero-order chi connectivity index (χ0) is 17.4. The third-order valence-corrected chi connectivity index (χ3v) is 1.78. The van der Waals surface area contributed by atoms with E-state index in [1.165, 1.54) is 38.5 Å². The molecule has 6 N–H and O–H groups in total. The molecule has 0 saturated carbocycles. The molecule has 0 aromatic rings. The van der Waals surface area contributed by atoms with E-state index in [2.05, 4.69) is 13.8 Å². The third kappa shape index (κ3) is 99.7. The van der Waals surface area contributed by atoms with Crippen molar-refractivity contribution in [2.75, 3.05) is 13.2 Å². The van der Waals surface area contributed by atoms with Crippen molar-refractivity contribution in [2.24, 2.45) is 0 Å². The molecule has 0 radical (unpaired) electrons. The van der Waals surface area contributed by atoms with Crippen LogP contribution in [0.25, 0.3) is 0 Å². The minimum atomic E-state index is -4.64. The van der Waals surface area contributed by atoms with Gasteiger partial charge in [-0.15, -0.1) is 0 Å². The average molecular weight is 354 g/mol. The molecule has 21 heavy (non-hydrogen) atoms. The Hall–Kier alpha value is 0.180. The van der Waals surface area contributed by atoms with Gasteiger partial charge in [0.15, 0.2) is 0 Å². The van der Waals surface area contributed by atoms with Gasteiger partial charge in [0.05, 0.1) is 0 Å². The van der Waals surface area contributed by atoms with Crippen molar-refractivity contribution in [1.29, 1.82) is 0 Å². The van der Waals surface area contributed by atoms with Crippen LogP contribution < -0.4 is 0 Å². The molecular weight excluding hydrogens is 326 g/mol. The highest BCUT2D eigenvalue weighted by atomic mass is 31.2. The van der Waals surface area contributed by atoms with Crippen LogP contribution in [0.5, 0.6) is 0 Å². The molecule has 0 fully saturated rings. The number of ether oxygens (including phenoxy) is 1. The molecule has 132 valence electrons. The van der Waals surface area contributed by atoms with Crippen LogP contribution >= 0.6 is 15.6 Å². The van der Waals surface area contributed by atoms with Gasteiger partial charge in [-0.1, -0.05) is 39.5 Å². The molecule has 11 heteroatoms. The second kappa shape index (κ2) is 16.5. The van der Waals surface area contributed by atoms with Gasteiger partial charge in [-0.2, -0.15) is 0 Å². The summed E-state index contributed by atoms with van der Waals surface area (Å²) in [7, 11) is -9.28. The molecule has 9 nitrogen and oxygen atoms in total. The molecule has 0 atom stereocenters. The number of hydrogen-bond donors (Lipinski definition) is 6. The largest absolute Gasteiger partial charge is 0.466 e. The summed E-state index contributed by atoms with van der Waals surface area (Å²) in [6, 6.07) is 0. The Kier molecular flexibility index (Phi) is 20.6. The van der Waals surface area contributed by atoms with E-state index in [9.17, 15) is 0 Å². The summed E-state index contributed by atoms with van der Waals surface area (Å²) in [6.07, 6.45) is 7.68. The SMILES string of the molecule is CCCCCOCCCCC.O=P(O)(O)O.O=P(O)(O)O. The summed E-state index contributed by atoms with van der Waals surface area (Å²) >= 11 is 0. The van der Waals surface area contributed by atoms with Crippen molar-refractivity contribution in [3.05, 3.63) is 0 Å². The smallest absolute Gasteiger partial charge is 0.381 e. The van der Waals surface area contributed by atoms with Crippen LogP contribution in [0.4, 0.5) is 0 Å². The molecule has 0 aromatic carbocycles. The first kappa shape index (κ1) is 26.1. The molecule has 0 aliphatic heterocycles.